The molecule has 0 aromatic heterocycles. The molecule has 0 aromatic carbocycles. The molecule has 138 valence electrons. The SMILES string of the molecule is CCCCCCC(CC(C)CC)OC(=O)C1CC=CCC1C(=O)O. The predicted molar refractivity (Wildman–Crippen MR) is 95.7 cm³/mol. The number of ether oxygens (including phenoxy) is 1. The number of carboxylic acids is 1. The Morgan fingerprint density at radius 2 is 1.79 bits per heavy atom. The van der Waals surface area contributed by atoms with Crippen LogP contribution in [0, 0.1) is 17.8 Å². The topological polar surface area (TPSA) is 63.6 Å². The van der Waals surface area contributed by atoms with E-state index in [1.54, 1.807) is 0 Å². The van der Waals surface area contributed by atoms with Gasteiger partial charge in [0.1, 0.15) is 6.10 Å². The molecule has 0 aliphatic heterocycles. The number of esters is 1. The quantitative estimate of drug-likeness (QED) is 0.328. The van der Waals surface area contributed by atoms with Gasteiger partial charge < -0.3 is 9.84 Å². The Labute approximate surface area is 146 Å². The van der Waals surface area contributed by atoms with E-state index in [1.165, 1.54) is 12.8 Å². The molecule has 0 bridgehead atoms. The molecule has 1 rings (SSSR count). The van der Waals surface area contributed by atoms with Crippen molar-refractivity contribution in [2.45, 2.75) is 84.7 Å². The van der Waals surface area contributed by atoms with E-state index in [0.29, 0.717) is 18.8 Å². The van der Waals surface area contributed by atoms with Gasteiger partial charge in [-0.3, -0.25) is 9.59 Å². The van der Waals surface area contributed by atoms with Gasteiger partial charge in [0.15, 0.2) is 0 Å². The van der Waals surface area contributed by atoms with Crippen LogP contribution in [0.1, 0.15) is 78.6 Å². The molecule has 4 nitrogen and oxygen atoms in total. The Morgan fingerprint density at radius 1 is 1.12 bits per heavy atom. The highest BCUT2D eigenvalue weighted by molar-refractivity contribution is 5.81. The molecule has 4 heteroatoms. The Morgan fingerprint density at radius 3 is 2.38 bits per heavy atom. The number of carbonyl (C=O) groups excluding carboxylic acids is 1. The number of hydrogen-bond acceptors (Lipinski definition) is 3. The van der Waals surface area contributed by atoms with Gasteiger partial charge in [0.05, 0.1) is 11.8 Å². The van der Waals surface area contributed by atoms with Crippen molar-refractivity contribution >= 4 is 11.9 Å². The number of unbranched alkanes of at least 4 members (excludes halogenated alkanes) is 3. The van der Waals surface area contributed by atoms with Gasteiger partial charge in [-0.15, -0.1) is 0 Å². The zero-order valence-corrected chi connectivity index (χ0v) is 15.5. The highest BCUT2D eigenvalue weighted by Gasteiger charge is 2.36. The lowest BCUT2D eigenvalue weighted by Gasteiger charge is -2.27. The summed E-state index contributed by atoms with van der Waals surface area (Å²) in [6, 6.07) is 0. The normalized spacial score (nSPS) is 22.8. The summed E-state index contributed by atoms with van der Waals surface area (Å²) in [6.07, 6.45) is 12.0. The predicted octanol–water partition coefficient (Wildman–Crippen LogP) is 4.97. The largest absolute Gasteiger partial charge is 0.481 e. The van der Waals surface area contributed by atoms with Gasteiger partial charge in [-0.05, 0) is 38.0 Å². The first-order chi connectivity index (χ1) is 11.5. The molecule has 0 radical (unpaired) electrons. The van der Waals surface area contributed by atoms with Crippen LogP contribution in [0.2, 0.25) is 0 Å². The van der Waals surface area contributed by atoms with E-state index in [2.05, 4.69) is 20.8 Å². The number of rotatable bonds is 11. The Bertz CT molecular complexity index is 416. The van der Waals surface area contributed by atoms with Crippen LogP contribution in [0.4, 0.5) is 0 Å². The fourth-order valence-electron chi connectivity index (χ4n) is 3.24. The van der Waals surface area contributed by atoms with Gasteiger partial charge in [0, 0.05) is 0 Å². The number of aliphatic carboxylic acids is 1. The second-order valence-electron chi connectivity index (χ2n) is 7.15. The van der Waals surface area contributed by atoms with Gasteiger partial charge >= 0.3 is 11.9 Å². The molecule has 4 unspecified atom stereocenters. The third kappa shape index (κ3) is 7.06. The average molecular weight is 338 g/mol. The lowest BCUT2D eigenvalue weighted by atomic mass is 9.83. The van der Waals surface area contributed by atoms with Crippen LogP contribution in [-0.4, -0.2) is 23.1 Å². The molecule has 0 aromatic rings. The van der Waals surface area contributed by atoms with Crippen molar-refractivity contribution in [1.29, 1.82) is 0 Å². The molecule has 1 aliphatic carbocycles. The van der Waals surface area contributed by atoms with Crippen molar-refractivity contribution in [3.8, 4) is 0 Å². The monoisotopic (exact) mass is 338 g/mol. The molecule has 0 amide bonds. The maximum Gasteiger partial charge on any atom is 0.310 e. The first kappa shape index (κ1) is 20.7. The Hall–Kier alpha value is -1.32. The van der Waals surface area contributed by atoms with Crippen LogP contribution in [-0.2, 0) is 14.3 Å². The van der Waals surface area contributed by atoms with E-state index in [4.69, 9.17) is 4.74 Å². The fourth-order valence-corrected chi connectivity index (χ4v) is 3.24. The molecule has 0 fully saturated rings. The molecule has 0 saturated heterocycles. The van der Waals surface area contributed by atoms with Crippen molar-refractivity contribution in [2.75, 3.05) is 0 Å². The summed E-state index contributed by atoms with van der Waals surface area (Å²) in [6.45, 7) is 6.50. The zero-order valence-electron chi connectivity index (χ0n) is 15.5. The number of carboxylic acid groups (broad SMARTS) is 1. The summed E-state index contributed by atoms with van der Waals surface area (Å²) >= 11 is 0. The summed E-state index contributed by atoms with van der Waals surface area (Å²) in [5, 5.41) is 9.33. The van der Waals surface area contributed by atoms with Gasteiger partial charge in [0.25, 0.3) is 0 Å². The molecule has 0 spiro atoms. The first-order valence-corrected chi connectivity index (χ1v) is 9.57. The summed E-state index contributed by atoms with van der Waals surface area (Å²) < 4.78 is 5.79. The zero-order chi connectivity index (χ0) is 17.9. The Kier molecular flexibility index (Phi) is 9.73. The standard InChI is InChI=1S/C20H34O4/c1-4-6-7-8-11-16(14-15(3)5-2)24-20(23)18-13-10-9-12-17(18)19(21)22/h9-10,15-18H,4-8,11-14H2,1-3H3,(H,21,22). The van der Waals surface area contributed by atoms with Crippen LogP contribution < -0.4 is 0 Å². The highest BCUT2D eigenvalue weighted by Crippen LogP contribution is 2.29. The van der Waals surface area contributed by atoms with E-state index in [-0.39, 0.29) is 12.1 Å². The second kappa shape index (κ2) is 11.3. The maximum absolute atomic E-state index is 12.6. The van der Waals surface area contributed by atoms with Crippen LogP contribution in [0.25, 0.3) is 0 Å². The van der Waals surface area contributed by atoms with Crippen molar-refractivity contribution in [1.82, 2.24) is 0 Å². The van der Waals surface area contributed by atoms with E-state index in [1.807, 2.05) is 12.2 Å². The third-order valence-electron chi connectivity index (χ3n) is 5.08. The van der Waals surface area contributed by atoms with Gasteiger partial charge in [-0.1, -0.05) is 58.6 Å². The maximum atomic E-state index is 12.6. The second-order valence-corrected chi connectivity index (χ2v) is 7.15. The van der Waals surface area contributed by atoms with Crippen molar-refractivity contribution < 1.29 is 19.4 Å². The van der Waals surface area contributed by atoms with E-state index >= 15 is 0 Å². The fraction of sp³-hybridized carbons (Fsp3) is 0.800. The van der Waals surface area contributed by atoms with Crippen LogP contribution in [0.5, 0.6) is 0 Å². The molecule has 24 heavy (non-hydrogen) atoms. The summed E-state index contributed by atoms with van der Waals surface area (Å²) in [7, 11) is 0. The first-order valence-electron chi connectivity index (χ1n) is 9.57. The lowest BCUT2D eigenvalue weighted by Crippen LogP contribution is -2.34. The van der Waals surface area contributed by atoms with Crippen LogP contribution >= 0.6 is 0 Å². The summed E-state index contributed by atoms with van der Waals surface area (Å²) in [5.74, 6) is -1.90. The average Bonchev–Trinajstić information content (AvgIpc) is 2.58. The third-order valence-corrected chi connectivity index (χ3v) is 5.08. The molecule has 4 atom stereocenters. The van der Waals surface area contributed by atoms with Crippen LogP contribution in [0.3, 0.4) is 0 Å². The number of carbonyl (C=O) groups is 2. The van der Waals surface area contributed by atoms with E-state index in [0.717, 1.165) is 32.1 Å². The minimum atomic E-state index is -0.900. The molecular weight excluding hydrogens is 304 g/mol. The summed E-state index contributed by atoms with van der Waals surface area (Å²) in [5.41, 5.74) is 0. The summed E-state index contributed by atoms with van der Waals surface area (Å²) in [4.78, 5) is 23.9. The van der Waals surface area contributed by atoms with Gasteiger partial charge in [0.2, 0.25) is 0 Å². The molecule has 0 heterocycles. The molecular formula is C20H34O4. The van der Waals surface area contributed by atoms with Crippen molar-refractivity contribution in [2.24, 2.45) is 17.8 Å². The molecule has 0 saturated carbocycles. The van der Waals surface area contributed by atoms with Crippen molar-refractivity contribution in [3.63, 3.8) is 0 Å². The van der Waals surface area contributed by atoms with Crippen LogP contribution in [0.15, 0.2) is 12.2 Å². The van der Waals surface area contributed by atoms with Gasteiger partial charge in [-0.2, -0.15) is 0 Å². The Balaban J connectivity index is 2.63. The van der Waals surface area contributed by atoms with Gasteiger partial charge in [-0.25, -0.2) is 0 Å². The minimum Gasteiger partial charge on any atom is -0.481 e. The van der Waals surface area contributed by atoms with E-state index < -0.39 is 17.8 Å². The molecule has 1 N–H and O–H groups in total. The van der Waals surface area contributed by atoms with Crippen molar-refractivity contribution in [3.05, 3.63) is 12.2 Å². The number of allylic oxidation sites excluding steroid dienone is 2. The van der Waals surface area contributed by atoms with E-state index in [9.17, 15) is 14.7 Å². The highest BCUT2D eigenvalue weighted by atomic mass is 16.5. The number of hydrogen-bond donors (Lipinski definition) is 1. The minimum absolute atomic E-state index is 0.0790. The molecule has 1 aliphatic rings. The lowest BCUT2D eigenvalue weighted by molar-refractivity contribution is -0.163. The smallest absolute Gasteiger partial charge is 0.310 e.